The summed E-state index contributed by atoms with van der Waals surface area (Å²) >= 11 is 0. The number of Topliss-reactive ketones (excluding diaryl/α,β-unsaturated/α-hetero) is 1. The van der Waals surface area contributed by atoms with Gasteiger partial charge < -0.3 is 24.4 Å². The lowest BCUT2D eigenvalue weighted by Crippen LogP contribution is -2.42. The summed E-state index contributed by atoms with van der Waals surface area (Å²) in [5, 5.41) is 19.8. The van der Waals surface area contributed by atoms with Crippen LogP contribution in [0.15, 0.2) is 54.0 Å². The summed E-state index contributed by atoms with van der Waals surface area (Å²) in [6.07, 6.45) is 5.86. The van der Waals surface area contributed by atoms with Crippen LogP contribution in [-0.4, -0.2) is 40.9 Å². The van der Waals surface area contributed by atoms with Crippen LogP contribution in [0.3, 0.4) is 0 Å². The summed E-state index contributed by atoms with van der Waals surface area (Å²) in [4.78, 5) is 13.3. The number of allylic oxidation sites excluding steroid dienone is 1. The van der Waals surface area contributed by atoms with Crippen molar-refractivity contribution in [2.45, 2.75) is 25.6 Å². The molecule has 0 saturated heterocycles. The highest BCUT2D eigenvalue weighted by Gasteiger charge is 2.41. The molecule has 146 valence electrons. The van der Waals surface area contributed by atoms with E-state index < -0.39 is 17.6 Å². The van der Waals surface area contributed by atoms with E-state index in [0.717, 1.165) is 5.56 Å². The molecule has 0 aromatic heterocycles. The summed E-state index contributed by atoms with van der Waals surface area (Å²) in [5.74, 6) is -0.462. The van der Waals surface area contributed by atoms with Crippen LogP contribution in [0.1, 0.15) is 29.8 Å². The number of ether oxygens (including phenoxy) is 3. The molecule has 0 fully saturated rings. The van der Waals surface area contributed by atoms with E-state index in [9.17, 15) is 15.0 Å². The first-order valence-electron chi connectivity index (χ1n) is 9.09. The van der Waals surface area contributed by atoms with Gasteiger partial charge in [-0.3, -0.25) is 4.79 Å². The van der Waals surface area contributed by atoms with Crippen molar-refractivity contribution in [2.75, 3.05) is 13.2 Å². The van der Waals surface area contributed by atoms with E-state index in [1.807, 2.05) is 26.0 Å². The molecular weight excluding hydrogens is 360 g/mol. The van der Waals surface area contributed by atoms with Gasteiger partial charge in [-0.05, 0) is 55.9 Å². The van der Waals surface area contributed by atoms with Crippen molar-refractivity contribution in [3.8, 4) is 11.5 Å². The number of carbonyl (C=O) groups excluding carboxylic acids is 1. The fraction of sp³-hybridized carbons (Fsp3) is 0.318. The molecular formula is C22H22O6. The molecule has 0 radical (unpaired) electrons. The highest BCUT2D eigenvalue weighted by Crippen LogP contribution is 2.44. The van der Waals surface area contributed by atoms with Crippen molar-refractivity contribution in [3.63, 3.8) is 0 Å². The first-order chi connectivity index (χ1) is 13.3. The van der Waals surface area contributed by atoms with E-state index in [1.54, 1.807) is 12.1 Å². The Hall–Kier alpha value is -2.99. The highest BCUT2D eigenvalue weighted by atomic mass is 16.5. The molecule has 3 aliphatic rings. The Balaban J connectivity index is 1.78. The second-order valence-corrected chi connectivity index (χ2v) is 7.62. The zero-order valence-electron chi connectivity index (χ0n) is 15.8. The third kappa shape index (κ3) is 3.10. The van der Waals surface area contributed by atoms with Crippen molar-refractivity contribution in [1.82, 2.24) is 0 Å². The second kappa shape index (κ2) is 6.56. The van der Waals surface area contributed by atoms with Crippen molar-refractivity contribution in [1.29, 1.82) is 0 Å². The Morgan fingerprint density at radius 3 is 2.79 bits per heavy atom. The van der Waals surface area contributed by atoms with E-state index >= 15 is 0 Å². The number of aliphatic hydroxyl groups excluding tert-OH is 2. The Kier molecular flexibility index (Phi) is 4.31. The highest BCUT2D eigenvalue weighted by molar-refractivity contribution is 6.05. The van der Waals surface area contributed by atoms with Gasteiger partial charge in [0.25, 0.3) is 0 Å². The lowest BCUT2D eigenvalue weighted by atomic mass is 9.82. The Bertz CT molecular complexity index is 950. The molecule has 0 bridgehead atoms. The van der Waals surface area contributed by atoms with Crippen LogP contribution in [-0.2, 0) is 4.74 Å². The largest absolute Gasteiger partial charge is 0.504 e. The molecule has 2 atom stereocenters. The quantitative estimate of drug-likeness (QED) is 0.708. The smallest absolute Gasteiger partial charge is 0.177 e. The minimum atomic E-state index is -0.733. The average Bonchev–Trinajstić information content (AvgIpc) is 2.63. The molecule has 0 saturated carbocycles. The van der Waals surface area contributed by atoms with Crippen molar-refractivity contribution in [3.05, 3.63) is 65.2 Å². The number of fused-ring (bicyclic) bond motifs is 4. The molecule has 0 spiro atoms. The number of ketones is 1. The maximum absolute atomic E-state index is 13.3. The Morgan fingerprint density at radius 2 is 2.00 bits per heavy atom. The standard InChI is InChI=1S/C22H22O6/c1-12-10-16(24)15(23)7-9-26-11-18-19(12)20(25)14-4-5-17-13(21(14)27-18)6-8-22(2,3)28-17/h4-8,10,18-19,23-24H,1,9,11H2,2-3H3/b15-7+,16-10+. The Morgan fingerprint density at radius 1 is 1.21 bits per heavy atom. The van der Waals surface area contributed by atoms with E-state index in [0.29, 0.717) is 22.6 Å². The number of hydrogen-bond acceptors (Lipinski definition) is 6. The molecule has 3 aliphatic heterocycles. The van der Waals surface area contributed by atoms with E-state index in [1.165, 1.54) is 12.2 Å². The van der Waals surface area contributed by atoms with E-state index in [2.05, 4.69) is 6.58 Å². The molecule has 3 heterocycles. The van der Waals surface area contributed by atoms with Crippen LogP contribution in [0.2, 0.25) is 0 Å². The van der Waals surface area contributed by atoms with Crippen LogP contribution < -0.4 is 9.47 Å². The van der Waals surface area contributed by atoms with Gasteiger partial charge in [0.1, 0.15) is 23.2 Å². The van der Waals surface area contributed by atoms with Gasteiger partial charge in [-0.2, -0.15) is 0 Å². The fourth-order valence-corrected chi connectivity index (χ4v) is 3.61. The number of aliphatic hydroxyl groups is 2. The molecule has 4 rings (SSSR count). The SMILES string of the molecule is C=C1/C=C(O)\C(O)=C/COCC2Oc3c(ccc4c3C=CC(C)(C)O4)C(=O)C12. The predicted octanol–water partition coefficient (Wildman–Crippen LogP) is 3.90. The molecule has 6 nitrogen and oxygen atoms in total. The summed E-state index contributed by atoms with van der Waals surface area (Å²) in [7, 11) is 0. The minimum absolute atomic E-state index is 0.0773. The molecule has 2 N–H and O–H groups in total. The van der Waals surface area contributed by atoms with Gasteiger partial charge >= 0.3 is 0 Å². The van der Waals surface area contributed by atoms with Crippen molar-refractivity contribution >= 4 is 11.9 Å². The first kappa shape index (κ1) is 18.4. The second-order valence-electron chi connectivity index (χ2n) is 7.62. The van der Waals surface area contributed by atoms with Gasteiger partial charge in [-0.25, -0.2) is 0 Å². The average molecular weight is 382 g/mol. The lowest BCUT2D eigenvalue weighted by Gasteiger charge is -2.36. The van der Waals surface area contributed by atoms with Crippen molar-refractivity contribution < 1.29 is 29.2 Å². The van der Waals surface area contributed by atoms with Crippen LogP contribution in [0.5, 0.6) is 11.5 Å². The normalized spacial score (nSPS) is 29.6. The van der Waals surface area contributed by atoms with Gasteiger partial charge in [0.15, 0.2) is 17.3 Å². The summed E-state index contributed by atoms with van der Waals surface area (Å²) < 4.78 is 17.7. The van der Waals surface area contributed by atoms with Gasteiger partial charge in [0.2, 0.25) is 0 Å². The first-order valence-corrected chi connectivity index (χ1v) is 9.09. The summed E-state index contributed by atoms with van der Waals surface area (Å²) in [6.45, 7) is 8.03. The van der Waals surface area contributed by atoms with Gasteiger partial charge in [0, 0.05) is 0 Å². The van der Waals surface area contributed by atoms with Crippen LogP contribution in [0, 0.1) is 5.92 Å². The lowest BCUT2D eigenvalue weighted by molar-refractivity contribution is 0.0279. The number of hydrogen-bond donors (Lipinski definition) is 2. The number of benzene rings is 1. The third-order valence-corrected chi connectivity index (χ3v) is 5.03. The predicted molar refractivity (Wildman–Crippen MR) is 104 cm³/mol. The van der Waals surface area contributed by atoms with Crippen LogP contribution >= 0.6 is 0 Å². The summed E-state index contributed by atoms with van der Waals surface area (Å²) in [6, 6.07) is 3.46. The maximum Gasteiger partial charge on any atom is 0.177 e. The maximum atomic E-state index is 13.3. The van der Waals surface area contributed by atoms with Crippen LogP contribution in [0.4, 0.5) is 0 Å². The third-order valence-electron chi connectivity index (χ3n) is 5.03. The monoisotopic (exact) mass is 382 g/mol. The fourth-order valence-electron chi connectivity index (χ4n) is 3.61. The van der Waals surface area contributed by atoms with Crippen LogP contribution in [0.25, 0.3) is 6.08 Å². The van der Waals surface area contributed by atoms with Gasteiger partial charge in [-0.1, -0.05) is 6.58 Å². The molecule has 6 heteroatoms. The zero-order chi connectivity index (χ0) is 20.1. The van der Waals surface area contributed by atoms with Gasteiger partial charge in [-0.15, -0.1) is 0 Å². The molecule has 0 amide bonds. The number of carbonyl (C=O) groups is 1. The minimum Gasteiger partial charge on any atom is -0.504 e. The molecule has 0 aliphatic carbocycles. The van der Waals surface area contributed by atoms with Crippen molar-refractivity contribution in [2.24, 2.45) is 5.92 Å². The Labute approximate surface area is 163 Å². The molecule has 1 aromatic rings. The molecule has 28 heavy (non-hydrogen) atoms. The zero-order valence-corrected chi connectivity index (χ0v) is 15.8. The molecule has 2 unspecified atom stereocenters. The molecule has 1 aromatic carbocycles. The topological polar surface area (TPSA) is 85.2 Å². The summed E-state index contributed by atoms with van der Waals surface area (Å²) in [5.41, 5.74) is 1.06. The number of rotatable bonds is 0. The van der Waals surface area contributed by atoms with E-state index in [-0.39, 0.29) is 30.5 Å². The van der Waals surface area contributed by atoms with E-state index in [4.69, 9.17) is 14.2 Å². The van der Waals surface area contributed by atoms with Gasteiger partial charge in [0.05, 0.1) is 30.3 Å².